The Bertz CT molecular complexity index is 1270. The van der Waals surface area contributed by atoms with E-state index >= 15 is 0 Å². The average molecular weight is 563 g/mol. The lowest BCUT2D eigenvalue weighted by Gasteiger charge is -2.38. The molecule has 3 N–H and O–H groups in total. The number of carbonyl (C=O) groups excluding carboxylic acids is 2. The SMILES string of the molecule is COc1ccc(S(=O)(=O)N(C)C[C@H]2Oc3ccc(NC(=O)NC(C)C)cc3C(=O)N([C@H](C)CO)C[C@H]2C)cc1. The Balaban J connectivity index is 1.93. The number of rotatable bonds is 9. The van der Waals surface area contributed by atoms with E-state index in [2.05, 4.69) is 10.6 Å². The van der Waals surface area contributed by atoms with Gasteiger partial charge in [-0.3, -0.25) is 4.79 Å². The van der Waals surface area contributed by atoms with Gasteiger partial charge < -0.3 is 30.1 Å². The third-order valence-corrected chi connectivity index (χ3v) is 8.38. The van der Waals surface area contributed by atoms with Gasteiger partial charge in [0.05, 0.1) is 36.8 Å². The maximum Gasteiger partial charge on any atom is 0.319 e. The van der Waals surface area contributed by atoms with Gasteiger partial charge in [-0.15, -0.1) is 0 Å². The molecule has 2 aromatic carbocycles. The van der Waals surface area contributed by atoms with Gasteiger partial charge in [0.25, 0.3) is 5.91 Å². The van der Waals surface area contributed by atoms with Crippen LogP contribution in [0.5, 0.6) is 11.5 Å². The van der Waals surface area contributed by atoms with Crippen molar-refractivity contribution in [2.24, 2.45) is 5.92 Å². The van der Waals surface area contributed by atoms with Crippen LogP contribution in [0.25, 0.3) is 0 Å². The summed E-state index contributed by atoms with van der Waals surface area (Å²) in [6, 6.07) is 9.88. The molecule has 0 spiro atoms. The van der Waals surface area contributed by atoms with Crippen LogP contribution >= 0.6 is 0 Å². The van der Waals surface area contributed by atoms with Crippen LogP contribution in [-0.2, 0) is 10.0 Å². The molecular weight excluding hydrogens is 524 g/mol. The number of carbonyl (C=O) groups is 2. The summed E-state index contributed by atoms with van der Waals surface area (Å²) in [5.74, 6) is 0.170. The summed E-state index contributed by atoms with van der Waals surface area (Å²) >= 11 is 0. The highest BCUT2D eigenvalue weighted by Gasteiger charge is 2.35. The fraction of sp³-hybridized carbons (Fsp3) is 0.481. The number of ether oxygens (including phenoxy) is 2. The van der Waals surface area contributed by atoms with Crippen LogP contribution in [0.2, 0.25) is 0 Å². The Labute approximate surface area is 230 Å². The van der Waals surface area contributed by atoms with E-state index in [0.29, 0.717) is 11.4 Å². The van der Waals surface area contributed by atoms with Crippen molar-refractivity contribution in [3.05, 3.63) is 48.0 Å². The van der Waals surface area contributed by atoms with Crippen LogP contribution in [0.4, 0.5) is 10.5 Å². The van der Waals surface area contributed by atoms with Gasteiger partial charge in [0, 0.05) is 31.2 Å². The van der Waals surface area contributed by atoms with Gasteiger partial charge in [-0.05, 0) is 63.2 Å². The lowest BCUT2D eigenvalue weighted by molar-refractivity contribution is 0.0387. The molecule has 0 fully saturated rings. The van der Waals surface area contributed by atoms with Gasteiger partial charge in [-0.2, -0.15) is 4.31 Å². The highest BCUT2D eigenvalue weighted by molar-refractivity contribution is 7.89. The van der Waals surface area contributed by atoms with Crippen molar-refractivity contribution in [3.63, 3.8) is 0 Å². The first kappa shape index (κ1) is 30.2. The number of methoxy groups -OCH3 is 1. The first-order valence-corrected chi connectivity index (χ1v) is 14.2. The van der Waals surface area contributed by atoms with Crippen LogP contribution in [-0.4, -0.2) is 86.7 Å². The zero-order valence-electron chi connectivity index (χ0n) is 23.2. The van der Waals surface area contributed by atoms with E-state index in [-0.39, 0.29) is 53.8 Å². The number of hydrogen-bond acceptors (Lipinski definition) is 7. The fourth-order valence-electron chi connectivity index (χ4n) is 4.23. The molecule has 1 aliphatic heterocycles. The lowest BCUT2D eigenvalue weighted by atomic mass is 9.99. The van der Waals surface area contributed by atoms with Gasteiger partial charge in [-0.1, -0.05) is 6.92 Å². The fourth-order valence-corrected chi connectivity index (χ4v) is 5.41. The normalized spacial score (nSPS) is 18.6. The molecule has 39 heavy (non-hydrogen) atoms. The zero-order valence-corrected chi connectivity index (χ0v) is 24.0. The molecule has 1 aliphatic rings. The van der Waals surface area contributed by atoms with Crippen molar-refractivity contribution in [2.45, 2.75) is 50.8 Å². The Morgan fingerprint density at radius 3 is 2.46 bits per heavy atom. The minimum atomic E-state index is -3.84. The van der Waals surface area contributed by atoms with Crippen molar-refractivity contribution in [1.29, 1.82) is 0 Å². The molecular formula is C27H38N4O7S. The molecule has 0 radical (unpaired) electrons. The second-order valence-electron chi connectivity index (χ2n) is 10.0. The predicted octanol–water partition coefficient (Wildman–Crippen LogP) is 2.77. The number of benzene rings is 2. The van der Waals surface area contributed by atoms with E-state index < -0.39 is 28.2 Å². The summed E-state index contributed by atoms with van der Waals surface area (Å²) < 4.78 is 39.2. The quantitative estimate of drug-likeness (QED) is 0.427. The van der Waals surface area contributed by atoms with E-state index in [9.17, 15) is 23.1 Å². The molecule has 0 bridgehead atoms. The molecule has 0 saturated carbocycles. The van der Waals surface area contributed by atoms with Crippen LogP contribution in [0.3, 0.4) is 0 Å². The molecule has 11 nitrogen and oxygen atoms in total. The largest absolute Gasteiger partial charge is 0.497 e. The monoisotopic (exact) mass is 562 g/mol. The molecule has 0 aromatic heterocycles. The Hall–Kier alpha value is -3.35. The second-order valence-corrected chi connectivity index (χ2v) is 12.1. The molecule has 0 unspecified atom stereocenters. The van der Waals surface area contributed by atoms with Crippen LogP contribution in [0.1, 0.15) is 38.1 Å². The molecule has 2 aromatic rings. The molecule has 0 aliphatic carbocycles. The van der Waals surface area contributed by atoms with Crippen molar-refractivity contribution in [2.75, 3.05) is 39.2 Å². The predicted molar refractivity (Wildman–Crippen MR) is 148 cm³/mol. The molecule has 214 valence electrons. The number of hydrogen-bond donors (Lipinski definition) is 3. The topological polar surface area (TPSA) is 138 Å². The van der Waals surface area contributed by atoms with Gasteiger partial charge in [0.2, 0.25) is 10.0 Å². The summed E-state index contributed by atoms with van der Waals surface area (Å²) in [4.78, 5) is 27.5. The minimum absolute atomic E-state index is 0.0152. The molecule has 3 amide bonds. The van der Waals surface area contributed by atoms with Crippen LogP contribution < -0.4 is 20.1 Å². The number of amides is 3. The van der Waals surface area contributed by atoms with E-state index in [4.69, 9.17) is 9.47 Å². The number of likely N-dealkylation sites (N-methyl/N-ethyl adjacent to an activating group) is 1. The number of aliphatic hydroxyl groups is 1. The molecule has 3 rings (SSSR count). The van der Waals surface area contributed by atoms with Crippen molar-refractivity contribution in [3.8, 4) is 11.5 Å². The van der Waals surface area contributed by atoms with Crippen molar-refractivity contribution >= 4 is 27.6 Å². The van der Waals surface area contributed by atoms with E-state index in [1.54, 1.807) is 36.1 Å². The summed E-state index contributed by atoms with van der Waals surface area (Å²) in [7, 11) is -0.851. The minimum Gasteiger partial charge on any atom is -0.497 e. The van der Waals surface area contributed by atoms with Gasteiger partial charge in [0.1, 0.15) is 17.6 Å². The standard InChI is InChI=1S/C27H38N4O7S/c1-17(2)28-27(34)29-20-7-12-24-23(13-20)26(33)31(19(4)16-32)14-18(3)25(38-24)15-30(5)39(35,36)22-10-8-21(37-6)9-11-22/h7-13,17-19,25,32H,14-16H2,1-6H3,(H2,28,29,34)/t18-,19-,25-/m1/s1. The number of nitrogens with zero attached hydrogens (tertiary/aromatic N) is 2. The third kappa shape index (κ3) is 7.20. The average Bonchev–Trinajstić information content (AvgIpc) is 2.89. The number of anilines is 1. The number of urea groups is 1. The maximum atomic E-state index is 13.6. The summed E-state index contributed by atoms with van der Waals surface area (Å²) in [6.07, 6.45) is -0.619. The zero-order chi connectivity index (χ0) is 28.9. The smallest absolute Gasteiger partial charge is 0.319 e. The van der Waals surface area contributed by atoms with Gasteiger partial charge in [0.15, 0.2) is 0 Å². The van der Waals surface area contributed by atoms with Crippen molar-refractivity contribution < 1.29 is 32.6 Å². The van der Waals surface area contributed by atoms with E-state index in [0.717, 1.165) is 0 Å². The highest BCUT2D eigenvalue weighted by atomic mass is 32.2. The first-order valence-electron chi connectivity index (χ1n) is 12.8. The highest BCUT2D eigenvalue weighted by Crippen LogP contribution is 2.31. The van der Waals surface area contributed by atoms with Gasteiger partial charge >= 0.3 is 6.03 Å². The Kier molecular flexibility index (Phi) is 9.81. The number of aliphatic hydroxyl groups excluding tert-OH is 1. The molecule has 3 atom stereocenters. The van der Waals surface area contributed by atoms with Crippen LogP contribution in [0.15, 0.2) is 47.4 Å². The lowest BCUT2D eigenvalue weighted by Crippen LogP contribution is -2.50. The number of fused-ring (bicyclic) bond motifs is 1. The summed E-state index contributed by atoms with van der Waals surface area (Å²) in [5.41, 5.74) is 0.597. The summed E-state index contributed by atoms with van der Waals surface area (Å²) in [6.45, 7) is 7.27. The molecule has 12 heteroatoms. The van der Waals surface area contributed by atoms with Gasteiger partial charge in [-0.25, -0.2) is 13.2 Å². The second kappa shape index (κ2) is 12.7. The number of sulfonamides is 1. The van der Waals surface area contributed by atoms with E-state index in [1.807, 2.05) is 20.8 Å². The Morgan fingerprint density at radius 1 is 1.21 bits per heavy atom. The molecule has 1 heterocycles. The maximum absolute atomic E-state index is 13.6. The number of nitrogens with one attached hydrogen (secondary N) is 2. The Morgan fingerprint density at radius 2 is 1.87 bits per heavy atom. The summed E-state index contributed by atoms with van der Waals surface area (Å²) in [5, 5.41) is 15.3. The first-order chi connectivity index (χ1) is 18.4. The van der Waals surface area contributed by atoms with E-state index in [1.165, 1.54) is 36.7 Å². The van der Waals surface area contributed by atoms with Crippen molar-refractivity contribution in [1.82, 2.24) is 14.5 Å². The third-order valence-electron chi connectivity index (χ3n) is 6.55. The molecule has 0 saturated heterocycles. The van der Waals surface area contributed by atoms with Crippen LogP contribution in [0, 0.1) is 5.92 Å².